The molecule has 0 bridgehead atoms. The first-order chi connectivity index (χ1) is 13.7. The van der Waals surface area contributed by atoms with E-state index in [-0.39, 0.29) is 35.8 Å². The van der Waals surface area contributed by atoms with E-state index >= 15 is 0 Å². The highest BCUT2D eigenvalue weighted by Crippen LogP contribution is 2.43. The molecule has 0 radical (unpaired) electrons. The summed E-state index contributed by atoms with van der Waals surface area (Å²) in [5, 5.41) is 0. The first-order valence-electron chi connectivity index (χ1n) is 10.0. The van der Waals surface area contributed by atoms with Crippen LogP contribution in [0.15, 0.2) is 30.4 Å². The van der Waals surface area contributed by atoms with Crippen LogP contribution in [0.2, 0.25) is 0 Å². The van der Waals surface area contributed by atoms with Crippen molar-refractivity contribution in [3.8, 4) is 5.75 Å². The topological polar surface area (TPSA) is 78.9 Å². The van der Waals surface area contributed by atoms with Crippen molar-refractivity contribution >= 4 is 18.2 Å². The van der Waals surface area contributed by atoms with Gasteiger partial charge in [-0.25, -0.2) is 0 Å². The van der Waals surface area contributed by atoms with Gasteiger partial charge in [-0.2, -0.15) is 0 Å². The standard InChI is InChI=1S/C23H30O6/c1-7-14(4)23(26)27-16(6)17-8-9-19-18(11-17)22(21(28-19)15(5)12-24)29-20(25)10-13(2)3/h8-9,11-14,16,21-22H,5,7,10H2,1-4,6H3/t14-,16-,21-,22+/m1/s1. The monoisotopic (exact) mass is 402 g/mol. The lowest BCUT2D eigenvalue weighted by Crippen LogP contribution is -2.26. The Morgan fingerprint density at radius 1 is 1.24 bits per heavy atom. The smallest absolute Gasteiger partial charge is 0.309 e. The fourth-order valence-electron chi connectivity index (χ4n) is 3.02. The van der Waals surface area contributed by atoms with Gasteiger partial charge >= 0.3 is 11.9 Å². The molecule has 4 atom stereocenters. The van der Waals surface area contributed by atoms with E-state index in [0.717, 1.165) is 5.56 Å². The first kappa shape index (κ1) is 22.7. The Labute approximate surface area is 172 Å². The van der Waals surface area contributed by atoms with E-state index in [4.69, 9.17) is 14.2 Å². The zero-order valence-electron chi connectivity index (χ0n) is 17.8. The Morgan fingerprint density at radius 2 is 1.93 bits per heavy atom. The molecule has 29 heavy (non-hydrogen) atoms. The number of fused-ring (bicyclic) bond motifs is 1. The summed E-state index contributed by atoms with van der Waals surface area (Å²) in [6.45, 7) is 13.1. The van der Waals surface area contributed by atoms with Crippen LogP contribution in [0, 0.1) is 11.8 Å². The molecule has 1 aromatic rings. The number of rotatable bonds is 9. The van der Waals surface area contributed by atoms with Crippen LogP contribution in [0.25, 0.3) is 0 Å². The minimum absolute atomic E-state index is 0.142. The van der Waals surface area contributed by atoms with Gasteiger partial charge in [0.25, 0.3) is 0 Å². The second-order valence-electron chi connectivity index (χ2n) is 7.93. The Morgan fingerprint density at radius 3 is 2.52 bits per heavy atom. The van der Waals surface area contributed by atoms with Crippen molar-refractivity contribution < 1.29 is 28.6 Å². The zero-order valence-corrected chi connectivity index (χ0v) is 17.8. The maximum Gasteiger partial charge on any atom is 0.309 e. The van der Waals surface area contributed by atoms with Crippen LogP contribution in [0.1, 0.15) is 70.8 Å². The first-order valence-corrected chi connectivity index (χ1v) is 10.0. The second-order valence-corrected chi connectivity index (χ2v) is 7.93. The molecule has 2 rings (SSSR count). The minimum atomic E-state index is -0.772. The average Bonchev–Trinajstić information content (AvgIpc) is 3.03. The summed E-state index contributed by atoms with van der Waals surface area (Å²) in [5.41, 5.74) is 1.59. The SMILES string of the molecule is C=C(C=O)[C@H]1Oc2ccc([C@@H](C)OC(=O)[C@H](C)CC)cc2[C@@H]1OC(=O)CC(C)C. The molecule has 1 heterocycles. The van der Waals surface area contributed by atoms with Crippen LogP contribution in [-0.2, 0) is 23.9 Å². The van der Waals surface area contributed by atoms with Crippen LogP contribution in [0.5, 0.6) is 5.75 Å². The van der Waals surface area contributed by atoms with E-state index in [1.165, 1.54) is 0 Å². The van der Waals surface area contributed by atoms with Gasteiger partial charge in [-0.3, -0.25) is 14.4 Å². The van der Waals surface area contributed by atoms with Crippen molar-refractivity contribution in [3.63, 3.8) is 0 Å². The van der Waals surface area contributed by atoms with Crippen molar-refractivity contribution in [2.45, 2.75) is 65.8 Å². The van der Waals surface area contributed by atoms with Gasteiger partial charge in [0.2, 0.25) is 0 Å². The number of hydrogen-bond acceptors (Lipinski definition) is 6. The fraction of sp³-hybridized carbons (Fsp3) is 0.522. The molecule has 0 aliphatic carbocycles. The molecule has 0 N–H and O–H groups in total. The van der Waals surface area contributed by atoms with Crippen molar-refractivity contribution in [3.05, 3.63) is 41.5 Å². The molecule has 0 unspecified atom stereocenters. The van der Waals surface area contributed by atoms with Crippen molar-refractivity contribution in [2.75, 3.05) is 0 Å². The van der Waals surface area contributed by atoms with Crippen LogP contribution < -0.4 is 4.74 Å². The third kappa shape index (κ3) is 5.46. The van der Waals surface area contributed by atoms with E-state index in [1.807, 2.05) is 27.7 Å². The lowest BCUT2D eigenvalue weighted by Gasteiger charge is -2.20. The number of hydrogen-bond donors (Lipinski definition) is 0. The summed E-state index contributed by atoms with van der Waals surface area (Å²) >= 11 is 0. The molecular formula is C23H30O6. The Balaban J connectivity index is 2.29. The lowest BCUT2D eigenvalue weighted by molar-refractivity contribution is -0.153. The number of esters is 2. The summed E-state index contributed by atoms with van der Waals surface area (Å²) in [6, 6.07) is 5.33. The second kappa shape index (κ2) is 9.72. The van der Waals surface area contributed by atoms with Crippen molar-refractivity contribution in [1.82, 2.24) is 0 Å². The van der Waals surface area contributed by atoms with E-state index < -0.39 is 18.3 Å². The number of carbonyl (C=O) groups is 3. The number of aldehydes is 1. The quantitative estimate of drug-likeness (QED) is 0.344. The summed E-state index contributed by atoms with van der Waals surface area (Å²) < 4.78 is 17.1. The fourth-order valence-corrected chi connectivity index (χ4v) is 3.02. The number of carbonyl (C=O) groups excluding carboxylic acids is 3. The van der Waals surface area contributed by atoms with Crippen LogP contribution >= 0.6 is 0 Å². The van der Waals surface area contributed by atoms with E-state index in [9.17, 15) is 14.4 Å². The van der Waals surface area contributed by atoms with Gasteiger partial charge < -0.3 is 14.2 Å². The van der Waals surface area contributed by atoms with Gasteiger partial charge in [-0.15, -0.1) is 0 Å². The molecule has 0 saturated heterocycles. The predicted octanol–water partition coefficient (Wildman–Crippen LogP) is 4.48. The third-order valence-corrected chi connectivity index (χ3v) is 5.00. The average molecular weight is 402 g/mol. The Bertz CT molecular complexity index is 782. The molecule has 1 aliphatic heterocycles. The van der Waals surface area contributed by atoms with Gasteiger partial charge in [0.15, 0.2) is 12.2 Å². The van der Waals surface area contributed by atoms with Crippen LogP contribution in [-0.4, -0.2) is 24.3 Å². The number of benzene rings is 1. The van der Waals surface area contributed by atoms with Gasteiger partial charge in [-0.05, 0) is 37.0 Å². The third-order valence-electron chi connectivity index (χ3n) is 5.00. The summed E-state index contributed by atoms with van der Waals surface area (Å²) in [7, 11) is 0. The van der Waals surface area contributed by atoms with Crippen LogP contribution in [0.4, 0.5) is 0 Å². The molecular weight excluding hydrogens is 372 g/mol. The van der Waals surface area contributed by atoms with Gasteiger partial charge in [0, 0.05) is 17.6 Å². The molecule has 6 nitrogen and oxygen atoms in total. The van der Waals surface area contributed by atoms with E-state index in [1.54, 1.807) is 25.1 Å². The van der Waals surface area contributed by atoms with Gasteiger partial charge in [0.1, 0.15) is 18.1 Å². The zero-order chi connectivity index (χ0) is 21.7. The minimum Gasteiger partial charge on any atom is -0.481 e. The highest BCUT2D eigenvalue weighted by Gasteiger charge is 2.39. The van der Waals surface area contributed by atoms with Crippen LogP contribution in [0.3, 0.4) is 0 Å². The van der Waals surface area contributed by atoms with Gasteiger partial charge in [-0.1, -0.05) is 40.3 Å². The normalized spacial score (nSPS) is 19.7. The molecule has 1 aliphatic rings. The molecule has 0 fully saturated rings. The van der Waals surface area contributed by atoms with Crippen molar-refractivity contribution in [2.24, 2.45) is 11.8 Å². The molecule has 158 valence electrons. The summed E-state index contributed by atoms with van der Waals surface area (Å²) in [6.07, 6.45) is -0.445. The summed E-state index contributed by atoms with van der Waals surface area (Å²) in [4.78, 5) is 35.7. The molecule has 0 aromatic heterocycles. The van der Waals surface area contributed by atoms with Gasteiger partial charge in [0.05, 0.1) is 5.92 Å². The van der Waals surface area contributed by atoms with E-state index in [0.29, 0.717) is 24.0 Å². The largest absolute Gasteiger partial charge is 0.481 e. The Hall–Kier alpha value is -2.63. The predicted molar refractivity (Wildman–Crippen MR) is 108 cm³/mol. The number of ether oxygens (including phenoxy) is 3. The maximum atomic E-state index is 12.3. The molecule has 6 heteroatoms. The molecule has 0 saturated carbocycles. The highest BCUT2D eigenvalue weighted by atomic mass is 16.6. The maximum absolute atomic E-state index is 12.3. The lowest BCUT2D eigenvalue weighted by atomic mass is 9.98. The molecule has 0 spiro atoms. The molecule has 0 amide bonds. The summed E-state index contributed by atoms with van der Waals surface area (Å²) in [5.74, 6) is -0.149. The van der Waals surface area contributed by atoms with Crippen molar-refractivity contribution in [1.29, 1.82) is 0 Å². The molecule has 1 aromatic carbocycles. The Kier molecular flexibility index (Phi) is 7.59. The van der Waals surface area contributed by atoms with E-state index in [2.05, 4.69) is 6.58 Å². The highest BCUT2D eigenvalue weighted by molar-refractivity contribution is 5.76.